The van der Waals surface area contributed by atoms with E-state index in [0.29, 0.717) is 19.6 Å². The van der Waals surface area contributed by atoms with E-state index in [1.165, 1.54) is 10.4 Å². The maximum atomic E-state index is 13.2. The van der Waals surface area contributed by atoms with E-state index in [2.05, 4.69) is 23.7 Å². The van der Waals surface area contributed by atoms with Gasteiger partial charge in [0.15, 0.2) is 0 Å². The van der Waals surface area contributed by atoms with Crippen LogP contribution in [0.1, 0.15) is 43.2 Å². The molecule has 2 rings (SSSR count). The van der Waals surface area contributed by atoms with E-state index in [-0.39, 0.29) is 24.5 Å². The molecule has 1 aromatic heterocycles. The fourth-order valence-electron chi connectivity index (χ4n) is 2.92. The van der Waals surface area contributed by atoms with E-state index in [1.807, 2.05) is 56.0 Å². The first kappa shape index (κ1) is 22.0. The van der Waals surface area contributed by atoms with Crippen molar-refractivity contribution in [2.45, 2.75) is 53.2 Å². The number of carbonyl (C=O) groups is 2. The Hall–Kier alpha value is -2.34. The normalized spacial score (nSPS) is 11.7. The Bertz CT molecular complexity index is 760. The number of aryl methyl sites for hydroxylation is 1. The Morgan fingerprint density at radius 2 is 1.82 bits per heavy atom. The molecule has 6 heteroatoms. The van der Waals surface area contributed by atoms with Crippen LogP contribution in [0.15, 0.2) is 41.8 Å². The molecule has 1 aromatic carbocycles. The molecule has 1 unspecified atom stereocenters. The van der Waals surface area contributed by atoms with Crippen molar-refractivity contribution >= 4 is 23.3 Å². The van der Waals surface area contributed by atoms with Crippen molar-refractivity contribution < 1.29 is 9.59 Å². The zero-order valence-corrected chi connectivity index (χ0v) is 18.1. The van der Waals surface area contributed by atoms with Gasteiger partial charge in [0, 0.05) is 24.0 Å². The number of rotatable bonds is 9. The number of hydrogen-bond donors (Lipinski definition) is 1. The molecule has 1 N–H and O–H groups in total. The van der Waals surface area contributed by atoms with Gasteiger partial charge in [0.2, 0.25) is 5.91 Å². The first-order valence-electron chi connectivity index (χ1n) is 9.85. The predicted molar refractivity (Wildman–Crippen MR) is 115 cm³/mol. The molecule has 0 aliphatic rings. The average Bonchev–Trinajstić information content (AvgIpc) is 3.10. The topological polar surface area (TPSA) is 52.7 Å². The lowest BCUT2D eigenvalue weighted by Gasteiger charge is -2.31. The van der Waals surface area contributed by atoms with Crippen molar-refractivity contribution in [2.75, 3.05) is 13.1 Å². The molecular weight excluding hydrogens is 370 g/mol. The second-order valence-corrected chi connectivity index (χ2v) is 7.98. The Balaban J connectivity index is 2.20. The summed E-state index contributed by atoms with van der Waals surface area (Å²) in [5.74, 6) is -0.0387. The number of urea groups is 1. The lowest BCUT2D eigenvalue weighted by Crippen LogP contribution is -2.50. The van der Waals surface area contributed by atoms with E-state index in [0.717, 1.165) is 12.0 Å². The Morgan fingerprint density at radius 1 is 1.11 bits per heavy atom. The van der Waals surface area contributed by atoms with Gasteiger partial charge < -0.3 is 15.1 Å². The summed E-state index contributed by atoms with van der Waals surface area (Å²) in [6.07, 6.45) is 0.799. The van der Waals surface area contributed by atoms with Crippen LogP contribution < -0.4 is 5.32 Å². The molecule has 1 atom stereocenters. The van der Waals surface area contributed by atoms with E-state index >= 15 is 0 Å². The summed E-state index contributed by atoms with van der Waals surface area (Å²) < 4.78 is 0. The van der Waals surface area contributed by atoms with Crippen molar-refractivity contribution in [2.24, 2.45) is 0 Å². The number of hydrogen-bond acceptors (Lipinski definition) is 3. The minimum Gasteiger partial charge on any atom is -0.338 e. The van der Waals surface area contributed by atoms with Gasteiger partial charge in [0.25, 0.3) is 0 Å². The largest absolute Gasteiger partial charge is 0.338 e. The Kier molecular flexibility index (Phi) is 8.51. The van der Waals surface area contributed by atoms with Gasteiger partial charge in [0.1, 0.15) is 6.54 Å². The summed E-state index contributed by atoms with van der Waals surface area (Å²) in [6, 6.07) is 11.9. The molecule has 0 saturated heterocycles. The summed E-state index contributed by atoms with van der Waals surface area (Å²) in [5, 5.41) is 4.88. The van der Waals surface area contributed by atoms with Crippen molar-refractivity contribution in [1.29, 1.82) is 0 Å². The van der Waals surface area contributed by atoms with Gasteiger partial charge in [-0.2, -0.15) is 0 Å². The fraction of sp³-hybridized carbons (Fsp3) is 0.455. The summed E-state index contributed by atoms with van der Waals surface area (Å²) >= 11 is 1.66. The van der Waals surface area contributed by atoms with Crippen LogP contribution in [0.5, 0.6) is 0 Å². The third-order valence-corrected chi connectivity index (χ3v) is 5.90. The highest BCUT2D eigenvalue weighted by molar-refractivity contribution is 7.10. The molecule has 0 aliphatic heterocycles. The SMILES string of the molecule is CCNC(=O)N(CC(=O)N(Cc1ccccc1)Cc1sccc1C)C(C)CC. The number of amides is 3. The summed E-state index contributed by atoms with van der Waals surface area (Å²) in [7, 11) is 0. The van der Waals surface area contributed by atoms with Crippen LogP contribution >= 0.6 is 11.3 Å². The van der Waals surface area contributed by atoms with Crippen LogP contribution in [0.3, 0.4) is 0 Å². The van der Waals surface area contributed by atoms with Gasteiger partial charge in [-0.25, -0.2) is 4.79 Å². The first-order chi connectivity index (χ1) is 13.5. The van der Waals surface area contributed by atoms with Crippen LogP contribution in [0, 0.1) is 6.92 Å². The standard InChI is InChI=1S/C22H31N3O2S/c1-5-18(4)25(22(27)23-6-2)16-21(26)24(14-19-10-8-7-9-11-19)15-20-17(3)12-13-28-20/h7-13,18H,5-6,14-16H2,1-4H3,(H,23,27). The minimum atomic E-state index is -0.183. The average molecular weight is 402 g/mol. The third-order valence-electron chi connectivity index (χ3n) is 4.89. The number of nitrogens with zero attached hydrogens (tertiary/aromatic N) is 2. The second kappa shape index (κ2) is 10.9. The van der Waals surface area contributed by atoms with Crippen LogP contribution in [0.25, 0.3) is 0 Å². The summed E-state index contributed by atoms with van der Waals surface area (Å²) in [4.78, 5) is 30.4. The van der Waals surface area contributed by atoms with E-state index in [1.54, 1.807) is 16.2 Å². The van der Waals surface area contributed by atoms with E-state index in [4.69, 9.17) is 0 Å². The fourth-order valence-corrected chi connectivity index (χ4v) is 3.84. The van der Waals surface area contributed by atoms with Gasteiger partial charge in [-0.3, -0.25) is 4.79 Å². The molecule has 1 heterocycles. The molecule has 0 radical (unpaired) electrons. The highest BCUT2D eigenvalue weighted by atomic mass is 32.1. The van der Waals surface area contributed by atoms with Crippen LogP contribution in [-0.4, -0.2) is 40.9 Å². The minimum absolute atomic E-state index is 0.00227. The first-order valence-corrected chi connectivity index (χ1v) is 10.7. The van der Waals surface area contributed by atoms with Crippen LogP contribution in [-0.2, 0) is 17.9 Å². The predicted octanol–water partition coefficient (Wildman–Crippen LogP) is 4.42. The summed E-state index contributed by atoms with van der Waals surface area (Å²) in [6.45, 7) is 9.67. The Labute approximate surface area is 172 Å². The van der Waals surface area contributed by atoms with Crippen molar-refractivity contribution in [3.05, 3.63) is 57.8 Å². The van der Waals surface area contributed by atoms with Gasteiger partial charge in [-0.1, -0.05) is 37.3 Å². The monoisotopic (exact) mass is 401 g/mol. The molecule has 28 heavy (non-hydrogen) atoms. The number of carbonyl (C=O) groups excluding carboxylic acids is 2. The maximum Gasteiger partial charge on any atom is 0.318 e. The number of benzene rings is 1. The molecule has 0 spiro atoms. The van der Waals surface area contributed by atoms with Crippen LogP contribution in [0.2, 0.25) is 0 Å². The zero-order chi connectivity index (χ0) is 20.5. The molecule has 152 valence electrons. The van der Waals surface area contributed by atoms with Gasteiger partial charge in [-0.15, -0.1) is 11.3 Å². The molecule has 0 aliphatic carbocycles. The number of nitrogens with one attached hydrogen (secondary N) is 1. The van der Waals surface area contributed by atoms with Crippen molar-refractivity contribution in [1.82, 2.24) is 15.1 Å². The molecule has 2 aromatic rings. The van der Waals surface area contributed by atoms with Crippen molar-refractivity contribution in [3.63, 3.8) is 0 Å². The lowest BCUT2D eigenvalue weighted by atomic mass is 10.2. The van der Waals surface area contributed by atoms with E-state index in [9.17, 15) is 9.59 Å². The Morgan fingerprint density at radius 3 is 2.39 bits per heavy atom. The second-order valence-electron chi connectivity index (χ2n) is 6.98. The molecule has 0 bridgehead atoms. The smallest absolute Gasteiger partial charge is 0.318 e. The van der Waals surface area contributed by atoms with Gasteiger partial charge >= 0.3 is 6.03 Å². The molecule has 5 nitrogen and oxygen atoms in total. The van der Waals surface area contributed by atoms with Crippen molar-refractivity contribution in [3.8, 4) is 0 Å². The highest BCUT2D eigenvalue weighted by Crippen LogP contribution is 2.20. The molecular formula is C22H31N3O2S. The van der Waals surface area contributed by atoms with Crippen LogP contribution in [0.4, 0.5) is 4.79 Å². The maximum absolute atomic E-state index is 13.2. The van der Waals surface area contributed by atoms with E-state index < -0.39 is 0 Å². The highest BCUT2D eigenvalue weighted by Gasteiger charge is 2.25. The number of thiophene rings is 1. The lowest BCUT2D eigenvalue weighted by molar-refractivity contribution is -0.133. The third kappa shape index (κ3) is 6.09. The summed E-state index contributed by atoms with van der Waals surface area (Å²) in [5.41, 5.74) is 2.27. The molecule has 0 fully saturated rings. The quantitative estimate of drug-likeness (QED) is 0.676. The molecule has 3 amide bonds. The van der Waals surface area contributed by atoms with Gasteiger partial charge in [-0.05, 0) is 49.8 Å². The molecule has 0 saturated carbocycles. The zero-order valence-electron chi connectivity index (χ0n) is 17.3. The van der Waals surface area contributed by atoms with Gasteiger partial charge in [0.05, 0.1) is 6.54 Å².